The molecule has 1 fully saturated rings. The summed E-state index contributed by atoms with van der Waals surface area (Å²) in [5, 5.41) is 1.16. The summed E-state index contributed by atoms with van der Waals surface area (Å²) in [5.41, 5.74) is 1.39. The molecule has 0 radical (unpaired) electrons. The molecule has 1 saturated heterocycles. The van der Waals surface area contributed by atoms with Crippen LogP contribution in [-0.2, 0) is 0 Å². The molecule has 0 unspecified atom stereocenters. The molecule has 3 rings (SSSR count). The molecule has 1 aliphatic rings. The van der Waals surface area contributed by atoms with Crippen molar-refractivity contribution in [3.8, 4) is 0 Å². The Morgan fingerprint density at radius 3 is 2.41 bits per heavy atom. The van der Waals surface area contributed by atoms with Crippen LogP contribution in [0, 0.1) is 6.92 Å². The van der Waals surface area contributed by atoms with Crippen molar-refractivity contribution < 1.29 is 4.79 Å². The van der Waals surface area contributed by atoms with Gasteiger partial charge in [-0.15, -0.1) is 0 Å². The largest absolute Gasteiger partial charge is 0.331 e. The predicted molar refractivity (Wildman–Crippen MR) is 88.3 cm³/mol. The third-order valence-electron chi connectivity index (χ3n) is 3.28. The van der Waals surface area contributed by atoms with Gasteiger partial charge in [0.05, 0.1) is 10.0 Å². The van der Waals surface area contributed by atoms with Crippen LogP contribution in [0.4, 0.5) is 16.4 Å². The van der Waals surface area contributed by atoms with Crippen LogP contribution in [0.15, 0.2) is 24.3 Å². The fourth-order valence-electron chi connectivity index (χ4n) is 2.25. The molecule has 2 aromatic rings. The quantitative estimate of drug-likeness (QED) is 0.757. The number of anilines is 2. The topological polar surface area (TPSA) is 49.3 Å². The first kappa shape index (κ1) is 15.3. The van der Waals surface area contributed by atoms with Crippen molar-refractivity contribution >= 4 is 52.5 Å². The summed E-state index contributed by atoms with van der Waals surface area (Å²) in [6.45, 7) is 2.78. The molecule has 0 N–H and O–H groups in total. The lowest BCUT2D eigenvalue weighted by atomic mass is 10.3. The summed E-state index contributed by atoms with van der Waals surface area (Å²) >= 11 is 17.8. The van der Waals surface area contributed by atoms with E-state index in [9.17, 15) is 4.79 Å². The van der Waals surface area contributed by atoms with Gasteiger partial charge in [-0.1, -0.05) is 34.8 Å². The third-order valence-corrected chi connectivity index (χ3v) is 4.21. The normalized spacial score (nSPS) is 14.8. The van der Waals surface area contributed by atoms with Crippen molar-refractivity contribution in [1.82, 2.24) is 9.97 Å². The number of rotatable bonds is 2. The molecule has 8 heteroatoms. The molecule has 1 aromatic carbocycles. The van der Waals surface area contributed by atoms with Crippen LogP contribution < -0.4 is 9.80 Å². The second-order valence-electron chi connectivity index (χ2n) is 4.82. The summed E-state index contributed by atoms with van der Waals surface area (Å²) in [5.74, 6) is 0.303. The maximum Gasteiger partial charge on any atom is 0.331 e. The summed E-state index contributed by atoms with van der Waals surface area (Å²) in [6.07, 6.45) is 0. The molecule has 2 amide bonds. The zero-order valence-corrected chi connectivity index (χ0v) is 13.8. The number of carbonyl (C=O) groups is 1. The van der Waals surface area contributed by atoms with Gasteiger partial charge in [0.1, 0.15) is 5.15 Å². The smallest absolute Gasteiger partial charge is 0.292 e. The van der Waals surface area contributed by atoms with E-state index >= 15 is 0 Å². The van der Waals surface area contributed by atoms with Gasteiger partial charge in [0.15, 0.2) is 0 Å². The number of urea groups is 1. The van der Waals surface area contributed by atoms with Crippen molar-refractivity contribution in [3.63, 3.8) is 0 Å². The van der Waals surface area contributed by atoms with Gasteiger partial charge in [-0.25, -0.2) is 14.8 Å². The molecule has 0 aliphatic carbocycles. The van der Waals surface area contributed by atoms with E-state index in [1.54, 1.807) is 36.1 Å². The highest BCUT2D eigenvalue weighted by Crippen LogP contribution is 2.30. The second kappa shape index (κ2) is 5.91. The molecule has 5 nitrogen and oxygen atoms in total. The second-order valence-corrected chi connectivity index (χ2v) is 6.02. The van der Waals surface area contributed by atoms with E-state index in [4.69, 9.17) is 34.8 Å². The lowest BCUT2D eigenvalue weighted by Gasteiger charge is -2.18. The highest BCUT2D eigenvalue weighted by Gasteiger charge is 2.32. The molecular weight excluding hydrogens is 347 g/mol. The summed E-state index contributed by atoms with van der Waals surface area (Å²) in [6, 6.07) is 6.49. The van der Waals surface area contributed by atoms with Crippen molar-refractivity contribution in [2.75, 3.05) is 22.9 Å². The number of hydrogen-bond donors (Lipinski definition) is 0. The number of carbonyl (C=O) groups excluding carboxylic acids is 1. The van der Waals surface area contributed by atoms with E-state index in [0.717, 1.165) is 0 Å². The van der Waals surface area contributed by atoms with Crippen molar-refractivity contribution in [2.45, 2.75) is 6.92 Å². The first-order chi connectivity index (χ1) is 10.5. The lowest BCUT2D eigenvalue weighted by Crippen LogP contribution is -2.32. The summed E-state index contributed by atoms with van der Waals surface area (Å²) in [7, 11) is 0. The zero-order chi connectivity index (χ0) is 15.9. The van der Waals surface area contributed by atoms with Crippen LogP contribution in [0.1, 0.15) is 5.69 Å². The number of amides is 2. The Balaban J connectivity index is 1.90. The van der Waals surface area contributed by atoms with Crippen LogP contribution >= 0.6 is 34.8 Å². The zero-order valence-electron chi connectivity index (χ0n) is 11.6. The Kier molecular flexibility index (Phi) is 4.12. The molecular formula is C14H11Cl3N4O. The maximum absolute atomic E-state index is 12.6. The standard InChI is InChI=1S/C14H11Cl3N4O/c1-8-6-12(17)19-13(18-8)21-5-4-20(14(21)22)9-2-3-10(15)11(16)7-9/h2-3,6-7H,4-5H2,1H3. The molecule has 1 aliphatic heterocycles. The van der Waals surface area contributed by atoms with E-state index < -0.39 is 0 Å². The van der Waals surface area contributed by atoms with Crippen molar-refractivity contribution in [3.05, 3.63) is 45.2 Å². The monoisotopic (exact) mass is 356 g/mol. The maximum atomic E-state index is 12.6. The predicted octanol–water partition coefficient (Wildman–Crippen LogP) is 4.19. The van der Waals surface area contributed by atoms with Crippen molar-refractivity contribution in [1.29, 1.82) is 0 Å². The SMILES string of the molecule is Cc1cc(Cl)nc(N2CCN(c3ccc(Cl)c(Cl)c3)C2=O)n1. The number of aryl methyl sites for hydroxylation is 1. The Morgan fingerprint density at radius 2 is 1.73 bits per heavy atom. The number of hydrogen-bond acceptors (Lipinski definition) is 3. The molecule has 0 atom stereocenters. The number of halogens is 3. The average Bonchev–Trinajstić information content (AvgIpc) is 2.83. The van der Waals surface area contributed by atoms with E-state index in [2.05, 4.69) is 9.97 Å². The van der Waals surface area contributed by atoms with Gasteiger partial charge in [-0.2, -0.15) is 0 Å². The molecule has 0 spiro atoms. The Morgan fingerprint density at radius 1 is 1.00 bits per heavy atom. The molecule has 0 bridgehead atoms. The van der Waals surface area contributed by atoms with Gasteiger partial charge in [0.25, 0.3) is 0 Å². The van der Waals surface area contributed by atoms with E-state index in [1.165, 1.54) is 4.90 Å². The fourth-order valence-corrected chi connectivity index (χ4v) is 2.78. The van der Waals surface area contributed by atoms with E-state index in [0.29, 0.717) is 45.6 Å². The average molecular weight is 358 g/mol. The highest BCUT2D eigenvalue weighted by molar-refractivity contribution is 6.42. The van der Waals surface area contributed by atoms with Gasteiger partial charge in [-0.3, -0.25) is 9.80 Å². The Labute approximate surface area is 142 Å². The molecule has 22 heavy (non-hydrogen) atoms. The number of benzene rings is 1. The third kappa shape index (κ3) is 2.84. The minimum atomic E-state index is -0.222. The van der Waals surface area contributed by atoms with Gasteiger partial charge >= 0.3 is 6.03 Å². The van der Waals surface area contributed by atoms with Crippen LogP contribution in [-0.4, -0.2) is 29.1 Å². The molecule has 0 saturated carbocycles. The van der Waals surface area contributed by atoms with E-state index in [1.807, 2.05) is 0 Å². The van der Waals surface area contributed by atoms with E-state index in [-0.39, 0.29) is 6.03 Å². The van der Waals surface area contributed by atoms with Gasteiger partial charge in [-0.05, 0) is 31.2 Å². The minimum absolute atomic E-state index is 0.222. The molecule has 114 valence electrons. The van der Waals surface area contributed by atoms with Crippen LogP contribution in [0.25, 0.3) is 0 Å². The molecule has 1 aromatic heterocycles. The molecule has 2 heterocycles. The first-order valence-electron chi connectivity index (χ1n) is 6.51. The van der Waals surface area contributed by atoms with Crippen molar-refractivity contribution in [2.24, 2.45) is 0 Å². The lowest BCUT2D eigenvalue weighted by molar-refractivity contribution is 0.255. The fraction of sp³-hybridized carbons (Fsp3) is 0.214. The summed E-state index contributed by atoms with van der Waals surface area (Å²) in [4.78, 5) is 24.0. The Hall–Kier alpha value is -1.56. The number of aromatic nitrogens is 2. The van der Waals surface area contributed by atoms with Crippen LogP contribution in [0.5, 0.6) is 0 Å². The summed E-state index contributed by atoms with van der Waals surface area (Å²) < 4.78 is 0. The minimum Gasteiger partial charge on any atom is -0.292 e. The van der Waals surface area contributed by atoms with Gasteiger partial charge in [0, 0.05) is 24.5 Å². The highest BCUT2D eigenvalue weighted by atomic mass is 35.5. The van der Waals surface area contributed by atoms with Crippen LogP contribution in [0.2, 0.25) is 15.2 Å². The van der Waals surface area contributed by atoms with Gasteiger partial charge in [0.2, 0.25) is 5.95 Å². The first-order valence-corrected chi connectivity index (χ1v) is 7.64. The number of nitrogens with zero attached hydrogens (tertiary/aromatic N) is 4. The van der Waals surface area contributed by atoms with Gasteiger partial charge < -0.3 is 0 Å². The van der Waals surface area contributed by atoms with Crippen LogP contribution in [0.3, 0.4) is 0 Å². The Bertz CT molecular complexity index is 733.